The Morgan fingerprint density at radius 3 is 2.52 bits per heavy atom. The maximum Gasteiger partial charge on any atom is 0.343 e. The monoisotopic (exact) mass is 474 g/mol. The summed E-state index contributed by atoms with van der Waals surface area (Å²) < 4.78 is 19.8. The van der Waals surface area contributed by atoms with Crippen LogP contribution in [0.1, 0.15) is 26.3 Å². The molecule has 0 radical (unpaired) electrons. The van der Waals surface area contributed by atoms with Crippen molar-refractivity contribution in [3.8, 4) is 5.75 Å². The molecule has 146 valence electrons. The third kappa shape index (κ3) is 5.49. The Morgan fingerprint density at radius 1 is 1.07 bits per heavy atom. The van der Waals surface area contributed by atoms with Crippen LogP contribution in [0.3, 0.4) is 0 Å². The maximum atomic E-state index is 13.7. The van der Waals surface area contributed by atoms with Gasteiger partial charge in [0.1, 0.15) is 11.6 Å². The van der Waals surface area contributed by atoms with Crippen molar-refractivity contribution in [2.45, 2.75) is 0 Å². The van der Waals surface area contributed by atoms with Crippen LogP contribution in [0, 0.1) is 5.82 Å². The molecule has 0 aliphatic heterocycles. The minimum Gasteiger partial charge on any atom is -0.422 e. The summed E-state index contributed by atoms with van der Waals surface area (Å²) in [5.74, 6) is -1.69. The minimum absolute atomic E-state index is 0.131. The second-order valence-electron chi connectivity index (χ2n) is 5.76. The van der Waals surface area contributed by atoms with Gasteiger partial charge >= 0.3 is 5.97 Å². The lowest BCUT2D eigenvalue weighted by atomic mass is 10.2. The van der Waals surface area contributed by atoms with Crippen molar-refractivity contribution >= 4 is 45.6 Å². The average molecular weight is 476 g/mol. The molecule has 0 saturated carbocycles. The first kappa shape index (κ1) is 20.7. The first-order valence-corrected chi connectivity index (χ1v) is 9.46. The molecule has 1 N–H and O–H groups in total. The van der Waals surface area contributed by atoms with E-state index in [0.29, 0.717) is 20.6 Å². The standard InChI is InChI=1S/C21H13BrClFN2O3/c22-15-7-10-19(29-21(28)13-5-8-16(23)9-6-13)14(11-15)12-25-26-20(27)17-3-1-2-4-18(17)24/h1-12H,(H,26,27)/b25-12-. The van der Waals surface area contributed by atoms with Crippen LogP contribution in [0.25, 0.3) is 0 Å². The SMILES string of the molecule is O=C(Oc1ccc(Br)cc1/C=N\NC(=O)c1ccccc1F)c1ccc(Cl)cc1. The molecule has 0 atom stereocenters. The van der Waals surface area contributed by atoms with E-state index in [9.17, 15) is 14.0 Å². The van der Waals surface area contributed by atoms with Crippen LogP contribution in [0.5, 0.6) is 5.75 Å². The zero-order chi connectivity index (χ0) is 20.8. The lowest BCUT2D eigenvalue weighted by molar-refractivity contribution is 0.0734. The number of hydrogen-bond acceptors (Lipinski definition) is 4. The molecule has 0 saturated heterocycles. The fraction of sp³-hybridized carbons (Fsp3) is 0. The van der Waals surface area contributed by atoms with Gasteiger partial charge in [-0.05, 0) is 54.6 Å². The predicted molar refractivity (Wildman–Crippen MR) is 112 cm³/mol. The van der Waals surface area contributed by atoms with Crippen LogP contribution in [0.4, 0.5) is 4.39 Å². The smallest absolute Gasteiger partial charge is 0.343 e. The predicted octanol–water partition coefficient (Wildman–Crippen LogP) is 5.22. The van der Waals surface area contributed by atoms with Gasteiger partial charge in [-0.1, -0.05) is 39.7 Å². The van der Waals surface area contributed by atoms with Gasteiger partial charge in [-0.2, -0.15) is 5.10 Å². The fourth-order valence-corrected chi connectivity index (χ4v) is 2.83. The van der Waals surface area contributed by atoms with Gasteiger partial charge in [0, 0.05) is 15.1 Å². The molecule has 0 fully saturated rings. The molecule has 3 aromatic carbocycles. The number of amides is 1. The third-order valence-electron chi connectivity index (χ3n) is 3.74. The summed E-state index contributed by atoms with van der Waals surface area (Å²) >= 11 is 9.15. The summed E-state index contributed by atoms with van der Waals surface area (Å²) in [6.07, 6.45) is 1.30. The molecule has 0 unspecified atom stereocenters. The summed E-state index contributed by atoms with van der Waals surface area (Å²) in [4.78, 5) is 24.4. The molecule has 0 aliphatic rings. The molecule has 0 aliphatic carbocycles. The highest BCUT2D eigenvalue weighted by molar-refractivity contribution is 9.10. The molecular formula is C21H13BrClFN2O3. The van der Waals surface area contributed by atoms with Crippen molar-refractivity contribution in [2.24, 2.45) is 5.10 Å². The van der Waals surface area contributed by atoms with E-state index in [0.717, 1.165) is 0 Å². The van der Waals surface area contributed by atoms with E-state index in [1.165, 1.54) is 24.4 Å². The molecule has 0 aromatic heterocycles. The highest BCUT2D eigenvalue weighted by atomic mass is 79.9. The number of ether oxygens (including phenoxy) is 1. The Balaban J connectivity index is 1.75. The zero-order valence-electron chi connectivity index (χ0n) is 14.7. The number of nitrogens with one attached hydrogen (secondary N) is 1. The van der Waals surface area contributed by atoms with Gasteiger partial charge < -0.3 is 4.74 Å². The average Bonchev–Trinajstić information content (AvgIpc) is 2.70. The number of rotatable bonds is 5. The fourth-order valence-electron chi connectivity index (χ4n) is 2.32. The highest BCUT2D eigenvalue weighted by Crippen LogP contribution is 2.23. The normalized spacial score (nSPS) is 10.7. The Morgan fingerprint density at radius 2 is 1.79 bits per heavy atom. The van der Waals surface area contributed by atoms with Gasteiger partial charge in [-0.15, -0.1) is 0 Å². The summed E-state index contributed by atoms with van der Waals surface area (Å²) in [5.41, 5.74) is 2.87. The van der Waals surface area contributed by atoms with Crippen LogP contribution >= 0.6 is 27.5 Å². The number of hydrazone groups is 1. The molecule has 5 nitrogen and oxygen atoms in total. The molecule has 8 heteroatoms. The van der Waals surface area contributed by atoms with Crippen molar-refractivity contribution in [1.82, 2.24) is 5.43 Å². The number of halogens is 3. The molecule has 29 heavy (non-hydrogen) atoms. The van der Waals surface area contributed by atoms with E-state index in [1.807, 2.05) is 0 Å². The Labute approximate surface area is 179 Å². The van der Waals surface area contributed by atoms with E-state index < -0.39 is 17.7 Å². The number of carbonyl (C=O) groups excluding carboxylic acids is 2. The molecule has 0 heterocycles. The van der Waals surface area contributed by atoms with Crippen LogP contribution in [-0.4, -0.2) is 18.1 Å². The Bertz CT molecular complexity index is 1090. The highest BCUT2D eigenvalue weighted by Gasteiger charge is 2.12. The van der Waals surface area contributed by atoms with Crippen molar-refractivity contribution < 1.29 is 18.7 Å². The number of nitrogens with zero attached hydrogens (tertiary/aromatic N) is 1. The van der Waals surface area contributed by atoms with Crippen molar-refractivity contribution in [1.29, 1.82) is 0 Å². The van der Waals surface area contributed by atoms with Crippen molar-refractivity contribution in [2.75, 3.05) is 0 Å². The van der Waals surface area contributed by atoms with Crippen molar-refractivity contribution in [3.63, 3.8) is 0 Å². The van der Waals surface area contributed by atoms with E-state index >= 15 is 0 Å². The van der Waals surface area contributed by atoms with Crippen LogP contribution in [0.15, 0.2) is 76.3 Å². The summed E-state index contributed by atoms with van der Waals surface area (Å²) in [6, 6.07) is 16.8. The minimum atomic E-state index is -0.700. The van der Waals surface area contributed by atoms with Gasteiger partial charge in [-0.25, -0.2) is 14.6 Å². The van der Waals surface area contributed by atoms with Gasteiger partial charge in [0.05, 0.1) is 17.3 Å². The Kier molecular flexibility index (Phi) is 6.74. The number of carbonyl (C=O) groups is 2. The van der Waals surface area contributed by atoms with Gasteiger partial charge in [0.2, 0.25) is 0 Å². The van der Waals surface area contributed by atoms with Crippen LogP contribution in [-0.2, 0) is 0 Å². The first-order chi connectivity index (χ1) is 13.9. The van der Waals surface area contributed by atoms with Crippen LogP contribution < -0.4 is 10.2 Å². The second-order valence-corrected chi connectivity index (χ2v) is 7.11. The molecule has 3 aromatic rings. The first-order valence-electron chi connectivity index (χ1n) is 8.29. The lowest BCUT2D eigenvalue weighted by Gasteiger charge is -2.08. The molecule has 3 rings (SSSR count). The second kappa shape index (κ2) is 9.45. The number of benzene rings is 3. The summed E-state index contributed by atoms with van der Waals surface area (Å²) in [6.45, 7) is 0. The van der Waals surface area contributed by atoms with Gasteiger partial charge in [-0.3, -0.25) is 4.79 Å². The van der Waals surface area contributed by atoms with Gasteiger partial charge in [0.15, 0.2) is 0 Å². The largest absolute Gasteiger partial charge is 0.422 e. The van der Waals surface area contributed by atoms with E-state index in [-0.39, 0.29) is 11.3 Å². The Hall–Kier alpha value is -3.03. The van der Waals surface area contributed by atoms with Gasteiger partial charge in [0.25, 0.3) is 5.91 Å². The summed E-state index contributed by atoms with van der Waals surface area (Å²) in [5, 5.41) is 4.33. The van der Waals surface area contributed by atoms with E-state index in [4.69, 9.17) is 16.3 Å². The molecule has 1 amide bonds. The number of hydrogen-bond donors (Lipinski definition) is 1. The van der Waals surface area contributed by atoms with Crippen LogP contribution in [0.2, 0.25) is 5.02 Å². The maximum absolute atomic E-state index is 13.7. The van der Waals surface area contributed by atoms with Crippen molar-refractivity contribution in [3.05, 3.63) is 98.7 Å². The third-order valence-corrected chi connectivity index (χ3v) is 4.49. The lowest BCUT2D eigenvalue weighted by Crippen LogP contribution is -2.19. The number of esters is 1. The molecule has 0 bridgehead atoms. The topological polar surface area (TPSA) is 67.8 Å². The quantitative estimate of drug-likeness (QED) is 0.238. The summed E-state index contributed by atoms with van der Waals surface area (Å²) in [7, 11) is 0. The van der Waals surface area contributed by atoms with E-state index in [2.05, 4.69) is 26.5 Å². The zero-order valence-corrected chi connectivity index (χ0v) is 17.1. The molecular weight excluding hydrogens is 463 g/mol. The molecule has 0 spiro atoms. The van der Waals surface area contributed by atoms with E-state index in [1.54, 1.807) is 48.5 Å².